The Labute approximate surface area is 122 Å². The molecule has 0 aliphatic rings. The first-order valence-electron chi connectivity index (χ1n) is 6.05. The number of halogens is 2. The minimum absolute atomic E-state index is 1.07. The zero-order valence-electron chi connectivity index (χ0n) is 10.6. The van der Waals surface area contributed by atoms with E-state index >= 15 is 0 Å². The summed E-state index contributed by atoms with van der Waals surface area (Å²) < 4.78 is 2.15. The lowest BCUT2D eigenvalue weighted by Gasteiger charge is -2.20. The van der Waals surface area contributed by atoms with Crippen molar-refractivity contribution in [2.75, 3.05) is 0 Å². The molecule has 0 amide bonds. The van der Waals surface area contributed by atoms with Crippen molar-refractivity contribution in [2.24, 2.45) is 0 Å². The molecule has 1 aromatic rings. The molecule has 0 bridgehead atoms. The molecule has 0 aliphatic carbocycles. The van der Waals surface area contributed by atoms with E-state index in [0.717, 1.165) is 14.5 Å². The molecule has 0 N–H and O–H groups in total. The van der Waals surface area contributed by atoms with Gasteiger partial charge in [0.1, 0.15) is 8.07 Å². The van der Waals surface area contributed by atoms with E-state index in [9.17, 15) is 0 Å². The molecule has 0 aliphatic heterocycles. The Balaban J connectivity index is 3.01. The third-order valence-electron chi connectivity index (χ3n) is 3.42. The Bertz CT molecular complexity index is 431. The van der Waals surface area contributed by atoms with Crippen molar-refractivity contribution in [2.45, 2.75) is 38.9 Å². The summed E-state index contributed by atoms with van der Waals surface area (Å²) in [5, 5.41) is 0. The SMILES string of the molecule is CC[Si](C#Cc1ccc(Br)c(Br)c1)(CC)CC. The highest BCUT2D eigenvalue weighted by atomic mass is 79.9. The summed E-state index contributed by atoms with van der Waals surface area (Å²) in [4.78, 5) is 0. The van der Waals surface area contributed by atoms with E-state index in [1.54, 1.807) is 0 Å². The van der Waals surface area contributed by atoms with Crippen molar-refractivity contribution in [1.29, 1.82) is 0 Å². The van der Waals surface area contributed by atoms with E-state index in [1.807, 2.05) is 6.07 Å². The van der Waals surface area contributed by atoms with E-state index in [1.165, 1.54) is 18.1 Å². The molecule has 0 aromatic heterocycles. The van der Waals surface area contributed by atoms with Crippen molar-refractivity contribution in [1.82, 2.24) is 0 Å². The predicted octanol–water partition coefficient (Wildman–Crippen LogP) is 5.61. The third-order valence-corrected chi connectivity index (χ3v) is 10.0. The fourth-order valence-electron chi connectivity index (χ4n) is 1.79. The van der Waals surface area contributed by atoms with Crippen LogP contribution in [0.3, 0.4) is 0 Å². The Morgan fingerprint density at radius 2 is 1.59 bits per heavy atom. The van der Waals surface area contributed by atoms with Crippen LogP contribution in [0.25, 0.3) is 0 Å². The minimum Gasteiger partial charge on any atom is -0.126 e. The second-order valence-corrected chi connectivity index (χ2v) is 10.9. The van der Waals surface area contributed by atoms with Gasteiger partial charge < -0.3 is 0 Å². The van der Waals surface area contributed by atoms with Gasteiger partial charge in [0.05, 0.1) is 0 Å². The first-order chi connectivity index (χ1) is 8.06. The number of rotatable bonds is 3. The van der Waals surface area contributed by atoms with Crippen LogP contribution in [0.15, 0.2) is 27.1 Å². The minimum atomic E-state index is -1.32. The Morgan fingerprint density at radius 1 is 1.00 bits per heavy atom. The van der Waals surface area contributed by atoms with Crippen LogP contribution in [0, 0.1) is 11.5 Å². The first kappa shape index (κ1) is 15.0. The summed E-state index contributed by atoms with van der Waals surface area (Å²) in [6.07, 6.45) is 0. The average Bonchev–Trinajstić information content (AvgIpc) is 2.36. The molecule has 3 heteroatoms. The Morgan fingerprint density at radius 3 is 2.06 bits per heavy atom. The molecule has 0 atom stereocenters. The third kappa shape index (κ3) is 3.98. The van der Waals surface area contributed by atoms with Crippen LogP contribution >= 0.6 is 31.9 Å². The van der Waals surface area contributed by atoms with E-state index in [4.69, 9.17) is 0 Å². The average molecular weight is 374 g/mol. The molecule has 0 nitrogen and oxygen atoms in total. The number of hydrogen-bond acceptors (Lipinski definition) is 0. The zero-order chi connectivity index (χ0) is 12.9. The van der Waals surface area contributed by atoms with Crippen LogP contribution in [0.1, 0.15) is 26.3 Å². The van der Waals surface area contributed by atoms with Gasteiger partial charge in [-0.2, -0.15) is 0 Å². The smallest absolute Gasteiger partial charge is 0.126 e. The molecule has 0 saturated carbocycles. The van der Waals surface area contributed by atoms with E-state index in [-0.39, 0.29) is 0 Å². The van der Waals surface area contributed by atoms with Gasteiger partial charge in [0.15, 0.2) is 0 Å². The van der Waals surface area contributed by atoms with Gasteiger partial charge in [0, 0.05) is 14.5 Å². The lowest BCUT2D eigenvalue weighted by atomic mass is 10.2. The van der Waals surface area contributed by atoms with Gasteiger partial charge >= 0.3 is 0 Å². The first-order valence-corrected chi connectivity index (χ1v) is 10.3. The van der Waals surface area contributed by atoms with Crippen molar-refractivity contribution >= 4 is 39.9 Å². The molecule has 0 radical (unpaired) electrons. The maximum atomic E-state index is 3.60. The van der Waals surface area contributed by atoms with Crippen LogP contribution in [0.2, 0.25) is 18.1 Å². The quantitative estimate of drug-likeness (QED) is 0.477. The van der Waals surface area contributed by atoms with Crippen LogP contribution in [-0.4, -0.2) is 8.07 Å². The van der Waals surface area contributed by atoms with E-state index in [0.29, 0.717) is 0 Å². The summed E-state index contributed by atoms with van der Waals surface area (Å²) in [5.74, 6) is 3.37. The summed E-state index contributed by atoms with van der Waals surface area (Å²) in [6, 6.07) is 9.96. The fourth-order valence-corrected chi connectivity index (χ4v) is 4.86. The molecular weight excluding hydrogens is 356 g/mol. The Hall–Kier alpha value is -0.0431. The van der Waals surface area contributed by atoms with E-state index in [2.05, 4.69) is 76.2 Å². The fraction of sp³-hybridized carbons (Fsp3) is 0.429. The van der Waals surface area contributed by atoms with Gasteiger partial charge in [0.25, 0.3) is 0 Å². The van der Waals surface area contributed by atoms with Crippen LogP contribution < -0.4 is 0 Å². The van der Waals surface area contributed by atoms with Gasteiger partial charge in [-0.05, 0) is 68.2 Å². The predicted molar refractivity (Wildman–Crippen MR) is 85.9 cm³/mol. The highest BCUT2D eigenvalue weighted by Gasteiger charge is 2.24. The van der Waals surface area contributed by atoms with Gasteiger partial charge in [-0.25, -0.2) is 0 Å². The van der Waals surface area contributed by atoms with E-state index < -0.39 is 8.07 Å². The molecule has 92 valence electrons. The molecule has 1 rings (SSSR count). The highest BCUT2D eigenvalue weighted by molar-refractivity contribution is 9.13. The normalized spacial score (nSPS) is 10.9. The molecule has 0 unspecified atom stereocenters. The van der Waals surface area contributed by atoms with Crippen molar-refractivity contribution in [3.05, 3.63) is 32.7 Å². The molecule has 1 aromatic carbocycles. The Kier molecular flexibility index (Phi) is 5.98. The number of hydrogen-bond donors (Lipinski definition) is 0. The number of benzene rings is 1. The zero-order valence-corrected chi connectivity index (χ0v) is 14.8. The van der Waals surface area contributed by atoms with Gasteiger partial charge in [0.2, 0.25) is 0 Å². The largest absolute Gasteiger partial charge is 0.138 e. The van der Waals surface area contributed by atoms with Crippen LogP contribution in [-0.2, 0) is 0 Å². The van der Waals surface area contributed by atoms with Crippen LogP contribution in [0.5, 0.6) is 0 Å². The lowest BCUT2D eigenvalue weighted by Crippen LogP contribution is -2.29. The van der Waals surface area contributed by atoms with Gasteiger partial charge in [-0.1, -0.05) is 26.7 Å². The maximum absolute atomic E-state index is 3.60. The molecule has 0 spiro atoms. The van der Waals surface area contributed by atoms with Crippen molar-refractivity contribution < 1.29 is 0 Å². The van der Waals surface area contributed by atoms with Crippen molar-refractivity contribution in [3.63, 3.8) is 0 Å². The summed E-state index contributed by atoms with van der Waals surface area (Å²) in [7, 11) is -1.32. The molecule has 17 heavy (non-hydrogen) atoms. The monoisotopic (exact) mass is 372 g/mol. The topological polar surface area (TPSA) is 0 Å². The maximum Gasteiger partial charge on any atom is 0.138 e. The molecule has 0 heterocycles. The standard InChI is InChI=1S/C14H18Br2Si/c1-4-17(5-2,6-3)10-9-12-7-8-13(15)14(16)11-12/h7-8,11H,4-6H2,1-3H3. The second-order valence-electron chi connectivity index (χ2n) is 4.22. The summed E-state index contributed by atoms with van der Waals surface area (Å²) >= 11 is 6.99. The summed E-state index contributed by atoms with van der Waals surface area (Å²) in [5.41, 5.74) is 4.70. The molecule has 0 saturated heterocycles. The highest BCUT2D eigenvalue weighted by Crippen LogP contribution is 2.24. The van der Waals surface area contributed by atoms with Crippen molar-refractivity contribution in [3.8, 4) is 11.5 Å². The molecule has 0 fully saturated rings. The lowest BCUT2D eigenvalue weighted by molar-refractivity contribution is 1.20. The van der Waals surface area contributed by atoms with Crippen LogP contribution in [0.4, 0.5) is 0 Å². The second kappa shape index (κ2) is 6.77. The molecular formula is C14H18Br2Si. The summed E-state index contributed by atoms with van der Waals surface area (Å²) in [6.45, 7) is 6.85. The van der Waals surface area contributed by atoms with Gasteiger partial charge in [-0.3, -0.25) is 0 Å². The van der Waals surface area contributed by atoms with Gasteiger partial charge in [-0.15, -0.1) is 5.54 Å².